The molecule has 6 heteroatoms. The van der Waals surface area contributed by atoms with Gasteiger partial charge >= 0.3 is 0 Å². The number of carbonyl (C=O) groups is 1. The number of likely N-dealkylation sites (tertiary alicyclic amines) is 1. The van der Waals surface area contributed by atoms with Gasteiger partial charge in [-0.3, -0.25) is 4.79 Å². The monoisotopic (exact) mass is 385 g/mol. The van der Waals surface area contributed by atoms with Crippen LogP contribution in [-0.2, 0) is 10.2 Å². The molecule has 27 heavy (non-hydrogen) atoms. The van der Waals surface area contributed by atoms with Crippen molar-refractivity contribution in [1.29, 1.82) is 0 Å². The highest BCUT2D eigenvalue weighted by Gasteiger charge is 2.45. The van der Waals surface area contributed by atoms with Crippen LogP contribution < -0.4 is 4.74 Å². The molecule has 4 rings (SSSR count). The molecular weight excluding hydrogens is 362 g/mol. The normalized spacial score (nSPS) is 19.8. The summed E-state index contributed by atoms with van der Waals surface area (Å²) in [5, 5.41) is 8.54. The molecule has 1 aliphatic heterocycles. The number of ether oxygens (including phenoxy) is 1. The zero-order valence-corrected chi connectivity index (χ0v) is 16.1. The van der Waals surface area contributed by atoms with Gasteiger partial charge < -0.3 is 9.64 Å². The lowest BCUT2D eigenvalue weighted by Gasteiger charge is -2.38. The number of nitrogens with zero attached hydrogens (tertiary/aromatic N) is 3. The second-order valence-electron chi connectivity index (χ2n) is 7.47. The first-order chi connectivity index (χ1) is 13.2. The van der Waals surface area contributed by atoms with E-state index in [1.54, 1.807) is 6.20 Å². The fourth-order valence-electron chi connectivity index (χ4n) is 4.37. The quantitative estimate of drug-likeness (QED) is 0.797. The summed E-state index contributed by atoms with van der Waals surface area (Å²) < 4.78 is 5.91. The van der Waals surface area contributed by atoms with E-state index < -0.39 is 0 Å². The average Bonchev–Trinajstić information content (AvgIpc) is 3.20. The predicted octanol–water partition coefficient (Wildman–Crippen LogP) is 4.01. The van der Waals surface area contributed by atoms with E-state index in [2.05, 4.69) is 10.2 Å². The van der Waals surface area contributed by atoms with Crippen LogP contribution in [0, 0.1) is 0 Å². The smallest absolute Gasteiger partial charge is 0.233 e. The Balaban J connectivity index is 1.43. The Morgan fingerprint density at radius 2 is 1.81 bits per heavy atom. The summed E-state index contributed by atoms with van der Waals surface area (Å²) in [6.07, 6.45) is 7.39. The number of halogens is 1. The van der Waals surface area contributed by atoms with E-state index in [4.69, 9.17) is 16.3 Å². The molecule has 142 valence electrons. The Hall–Kier alpha value is -2.14. The molecule has 2 aromatic rings. The van der Waals surface area contributed by atoms with Gasteiger partial charge in [0.2, 0.25) is 11.8 Å². The van der Waals surface area contributed by atoms with Crippen molar-refractivity contribution in [2.24, 2.45) is 0 Å². The third kappa shape index (κ3) is 3.79. The zero-order chi connectivity index (χ0) is 18.7. The lowest BCUT2D eigenvalue weighted by Crippen LogP contribution is -2.50. The largest absolute Gasteiger partial charge is 0.473 e. The van der Waals surface area contributed by atoms with Crippen molar-refractivity contribution in [1.82, 2.24) is 15.1 Å². The Bertz CT molecular complexity index is 768. The van der Waals surface area contributed by atoms with Gasteiger partial charge in [0.15, 0.2) is 0 Å². The maximum Gasteiger partial charge on any atom is 0.233 e. The van der Waals surface area contributed by atoms with Crippen LogP contribution in [0.3, 0.4) is 0 Å². The van der Waals surface area contributed by atoms with Crippen molar-refractivity contribution >= 4 is 17.5 Å². The van der Waals surface area contributed by atoms with Crippen LogP contribution in [0.25, 0.3) is 0 Å². The molecule has 1 saturated carbocycles. The first-order valence-corrected chi connectivity index (χ1v) is 10.0. The standard InChI is InChI=1S/C21H24ClN3O2/c22-17-7-5-16(6-8-17)21(11-1-2-12-21)20(26)25-14-9-18(10-15-25)27-19-4-3-13-23-24-19/h3-8,13,18H,1-2,9-12,14-15H2. The molecule has 2 heterocycles. The van der Waals surface area contributed by atoms with Gasteiger partial charge in [-0.05, 0) is 36.6 Å². The summed E-state index contributed by atoms with van der Waals surface area (Å²) in [6, 6.07) is 11.5. The van der Waals surface area contributed by atoms with Crippen LogP contribution in [-0.4, -0.2) is 40.2 Å². The Morgan fingerprint density at radius 3 is 2.44 bits per heavy atom. The second-order valence-corrected chi connectivity index (χ2v) is 7.90. The van der Waals surface area contributed by atoms with E-state index in [9.17, 15) is 4.79 Å². The molecular formula is C21H24ClN3O2. The van der Waals surface area contributed by atoms with Crippen molar-refractivity contribution < 1.29 is 9.53 Å². The molecule has 1 aromatic heterocycles. The molecule has 1 aliphatic carbocycles. The average molecular weight is 386 g/mol. The predicted molar refractivity (Wildman–Crippen MR) is 104 cm³/mol. The second kappa shape index (κ2) is 7.85. The number of carbonyl (C=O) groups excluding carboxylic acids is 1. The van der Waals surface area contributed by atoms with Gasteiger partial charge in [-0.25, -0.2) is 0 Å². The Morgan fingerprint density at radius 1 is 1.11 bits per heavy atom. The van der Waals surface area contributed by atoms with Crippen LogP contribution in [0.15, 0.2) is 42.6 Å². The molecule has 0 unspecified atom stereocenters. The van der Waals surface area contributed by atoms with Crippen molar-refractivity contribution in [2.75, 3.05) is 13.1 Å². The van der Waals surface area contributed by atoms with Crippen LogP contribution in [0.2, 0.25) is 5.02 Å². The van der Waals surface area contributed by atoms with Crippen molar-refractivity contribution in [2.45, 2.75) is 50.0 Å². The molecule has 0 atom stereocenters. The summed E-state index contributed by atoms with van der Waals surface area (Å²) in [4.78, 5) is 15.5. The maximum atomic E-state index is 13.5. The number of hydrogen-bond acceptors (Lipinski definition) is 4. The fraction of sp³-hybridized carbons (Fsp3) is 0.476. The molecule has 1 aromatic carbocycles. The highest BCUT2D eigenvalue weighted by molar-refractivity contribution is 6.30. The summed E-state index contributed by atoms with van der Waals surface area (Å²) >= 11 is 6.06. The van der Waals surface area contributed by atoms with Gasteiger partial charge in [-0.2, -0.15) is 5.10 Å². The van der Waals surface area contributed by atoms with E-state index in [0.717, 1.165) is 57.2 Å². The van der Waals surface area contributed by atoms with Gasteiger partial charge in [0.05, 0.1) is 5.41 Å². The molecule has 0 N–H and O–H groups in total. The van der Waals surface area contributed by atoms with Crippen molar-refractivity contribution in [3.8, 4) is 5.88 Å². The lowest BCUT2D eigenvalue weighted by molar-refractivity contribution is -0.139. The molecule has 0 radical (unpaired) electrons. The molecule has 5 nitrogen and oxygen atoms in total. The van der Waals surface area contributed by atoms with Gasteiger partial charge in [0.25, 0.3) is 0 Å². The van der Waals surface area contributed by atoms with E-state index >= 15 is 0 Å². The number of hydrogen-bond donors (Lipinski definition) is 0. The third-order valence-electron chi connectivity index (χ3n) is 5.83. The molecule has 1 saturated heterocycles. The number of benzene rings is 1. The van der Waals surface area contributed by atoms with Gasteiger partial charge in [0.1, 0.15) is 6.10 Å². The van der Waals surface area contributed by atoms with Crippen LogP contribution in [0.1, 0.15) is 44.1 Å². The zero-order valence-electron chi connectivity index (χ0n) is 15.3. The minimum atomic E-state index is -0.386. The lowest BCUT2D eigenvalue weighted by atomic mass is 9.77. The summed E-state index contributed by atoms with van der Waals surface area (Å²) in [5.74, 6) is 0.816. The van der Waals surface area contributed by atoms with E-state index in [0.29, 0.717) is 10.9 Å². The van der Waals surface area contributed by atoms with Gasteiger partial charge in [0, 0.05) is 43.2 Å². The third-order valence-corrected chi connectivity index (χ3v) is 6.08. The summed E-state index contributed by atoms with van der Waals surface area (Å²) in [6.45, 7) is 1.44. The van der Waals surface area contributed by atoms with Gasteiger partial charge in [-0.15, -0.1) is 5.10 Å². The van der Waals surface area contributed by atoms with Crippen LogP contribution in [0.4, 0.5) is 0 Å². The minimum absolute atomic E-state index is 0.0841. The van der Waals surface area contributed by atoms with E-state index in [-0.39, 0.29) is 17.4 Å². The minimum Gasteiger partial charge on any atom is -0.473 e. The Labute approximate surface area is 164 Å². The van der Waals surface area contributed by atoms with Crippen molar-refractivity contribution in [3.63, 3.8) is 0 Å². The van der Waals surface area contributed by atoms with E-state index in [1.807, 2.05) is 41.3 Å². The number of amides is 1. The topological polar surface area (TPSA) is 55.3 Å². The summed E-state index contributed by atoms with van der Waals surface area (Å²) in [7, 11) is 0. The molecule has 2 aliphatic rings. The highest BCUT2D eigenvalue weighted by Crippen LogP contribution is 2.43. The SMILES string of the molecule is O=C(N1CCC(Oc2cccnn2)CC1)C1(c2ccc(Cl)cc2)CCCC1. The molecule has 1 amide bonds. The Kier molecular flexibility index (Phi) is 5.30. The summed E-state index contributed by atoms with van der Waals surface area (Å²) in [5.41, 5.74) is 0.718. The highest BCUT2D eigenvalue weighted by atomic mass is 35.5. The molecule has 0 spiro atoms. The number of rotatable bonds is 4. The molecule has 0 bridgehead atoms. The van der Waals surface area contributed by atoms with E-state index in [1.165, 1.54) is 0 Å². The first kappa shape index (κ1) is 18.2. The molecule has 2 fully saturated rings. The number of piperidine rings is 1. The van der Waals surface area contributed by atoms with Gasteiger partial charge in [-0.1, -0.05) is 36.6 Å². The fourth-order valence-corrected chi connectivity index (χ4v) is 4.50. The van der Waals surface area contributed by atoms with Crippen LogP contribution in [0.5, 0.6) is 5.88 Å². The first-order valence-electron chi connectivity index (χ1n) is 9.67. The maximum absolute atomic E-state index is 13.5. The number of aromatic nitrogens is 2. The van der Waals surface area contributed by atoms with Crippen LogP contribution >= 0.6 is 11.6 Å². The van der Waals surface area contributed by atoms with Crippen molar-refractivity contribution in [3.05, 3.63) is 53.2 Å².